The van der Waals surface area contributed by atoms with Crippen LogP contribution in [-0.2, 0) is 0 Å². The van der Waals surface area contributed by atoms with Crippen molar-refractivity contribution in [2.24, 2.45) is 0 Å². The predicted octanol–water partition coefficient (Wildman–Crippen LogP) is 6.14. The van der Waals surface area contributed by atoms with Crippen molar-refractivity contribution in [3.05, 3.63) is 95.3 Å². The molecule has 2 heteroatoms. The maximum Gasteiger partial charge on any atom is 0.256 e. The molecule has 0 bridgehead atoms. The van der Waals surface area contributed by atoms with E-state index in [9.17, 15) is 4.79 Å². The summed E-state index contributed by atoms with van der Waals surface area (Å²) in [6, 6.07) is 29.2. The summed E-state index contributed by atoms with van der Waals surface area (Å²) >= 11 is 0. The van der Waals surface area contributed by atoms with E-state index in [1.165, 1.54) is 21.5 Å². The van der Waals surface area contributed by atoms with Crippen molar-refractivity contribution >= 4 is 54.0 Å². The van der Waals surface area contributed by atoms with Crippen LogP contribution < -0.4 is 5.56 Å². The van der Waals surface area contributed by atoms with E-state index >= 15 is 0 Å². The monoisotopic (exact) mass is 345 g/mol. The molecule has 0 radical (unpaired) electrons. The van der Waals surface area contributed by atoms with E-state index < -0.39 is 0 Å². The largest absolute Gasteiger partial charge is 0.321 e. The Hall–Kier alpha value is -3.65. The fourth-order valence-electron chi connectivity index (χ4n) is 4.38. The smallest absolute Gasteiger partial charge is 0.256 e. The number of H-pyrrole nitrogens is 1. The zero-order valence-electron chi connectivity index (χ0n) is 14.5. The number of pyridine rings is 1. The fourth-order valence-corrected chi connectivity index (χ4v) is 4.38. The van der Waals surface area contributed by atoms with Crippen LogP contribution >= 0.6 is 0 Å². The molecule has 0 saturated carbocycles. The molecular weight excluding hydrogens is 330 g/mol. The standard InChI is InChI=1S/C25H15NO/c27-25-20-13-11-16-6-2-4-8-19(16)23(20)24-21(26-25)14-12-17-10-9-15-5-1-3-7-18(15)22(17)24/h1-14H,(H,26,27). The summed E-state index contributed by atoms with van der Waals surface area (Å²) < 4.78 is 0. The van der Waals surface area contributed by atoms with Crippen LogP contribution in [0.4, 0.5) is 0 Å². The average Bonchev–Trinajstić information content (AvgIpc) is 2.73. The van der Waals surface area contributed by atoms with Crippen LogP contribution in [0.5, 0.6) is 0 Å². The highest BCUT2D eigenvalue weighted by Crippen LogP contribution is 2.37. The van der Waals surface area contributed by atoms with Crippen LogP contribution in [0.15, 0.2) is 89.7 Å². The third-order valence-corrected chi connectivity index (χ3v) is 5.58. The molecule has 0 saturated heterocycles. The minimum absolute atomic E-state index is 0.0390. The number of fused-ring (bicyclic) bond motifs is 9. The molecule has 6 aromatic rings. The predicted molar refractivity (Wildman–Crippen MR) is 115 cm³/mol. The molecule has 0 aliphatic heterocycles. The van der Waals surface area contributed by atoms with Gasteiger partial charge in [-0.05, 0) is 44.5 Å². The van der Waals surface area contributed by atoms with Crippen LogP contribution in [0.25, 0.3) is 54.0 Å². The molecule has 27 heavy (non-hydrogen) atoms. The molecule has 1 heterocycles. The van der Waals surface area contributed by atoms with Gasteiger partial charge in [0.1, 0.15) is 0 Å². The first-order chi connectivity index (χ1) is 13.3. The van der Waals surface area contributed by atoms with Crippen molar-refractivity contribution in [1.29, 1.82) is 0 Å². The third-order valence-electron chi connectivity index (χ3n) is 5.58. The Balaban J connectivity index is 2.06. The Morgan fingerprint density at radius 1 is 0.481 bits per heavy atom. The maximum absolute atomic E-state index is 12.8. The Bertz CT molecular complexity index is 1590. The molecule has 1 N–H and O–H groups in total. The molecule has 0 unspecified atom stereocenters. The lowest BCUT2D eigenvalue weighted by Crippen LogP contribution is -2.06. The number of hydrogen-bond donors (Lipinski definition) is 1. The van der Waals surface area contributed by atoms with Crippen molar-refractivity contribution in [2.75, 3.05) is 0 Å². The molecule has 0 spiro atoms. The van der Waals surface area contributed by atoms with E-state index in [2.05, 4.69) is 59.6 Å². The average molecular weight is 345 g/mol. The Morgan fingerprint density at radius 3 is 1.85 bits per heavy atom. The molecule has 0 aliphatic rings. The minimum Gasteiger partial charge on any atom is -0.321 e. The van der Waals surface area contributed by atoms with Gasteiger partial charge in [0.15, 0.2) is 0 Å². The SMILES string of the molecule is O=c1[nH]c2ccc3ccc4ccccc4c3c2c2c1ccc1ccccc12. The first-order valence-electron chi connectivity index (χ1n) is 9.09. The molecule has 6 rings (SSSR count). The van der Waals surface area contributed by atoms with Gasteiger partial charge in [-0.25, -0.2) is 0 Å². The highest BCUT2D eigenvalue weighted by Gasteiger charge is 2.13. The van der Waals surface area contributed by atoms with Crippen LogP contribution in [-0.4, -0.2) is 4.98 Å². The highest BCUT2D eigenvalue weighted by molar-refractivity contribution is 6.31. The summed E-state index contributed by atoms with van der Waals surface area (Å²) in [6.45, 7) is 0. The van der Waals surface area contributed by atoms with E-state index in [1.54, 1.807) is 0 Å². The van der Waals surface area contributed by atoms with E-state index in [0.29, 0.717) is 0 Å². The molecule has 0 atom stereocenters. The number of benzene rings is 5. The summed E-state index contributed by atoms with van der Waals surface area (Å²) in [5.41, 5.74) is 0.843. The maximum atomic E-state index is 12.8. The summed E-state index contributed by atoms with van der Waals surface area (Å²) in [5.74, 6) is 0. The quantitative estimate of drug-likeness (QED) is 0.329. The molecule has 2 nitrogen and oxygen atoms in total. The van der Waals surface area contributed by atoms with E-state index in [0.717, 1.165) is 32.4 Å². The van der Waals surface area contributed by atoms with Crippen molar-refractivity contribution in [2.45, 2.75) is 0 Å². The second-order valence-corrected chi connectivity index (χ2v) is 7.04. The molecule has 0 aliphatic carbocycles. The van der Waals surface area contributed by atoms with Crippen molar-refractivity contribution in [1.82, 2.24) is 4.98 Å². The molecule has 5 aromatic carbocycles. The zero-order chi connectivity index (χ0) is 18.0. The normalized spacial score (nSPS) is 11.9. The second-order valence-electron chi connectivity index (χ2n) is 7.04. The highest BCUT2D eigenvalue weighted by atomic mass is 16.1. The summed E-state index contributed by atoms with van der Waals surface area (Å²) in [5, 5.41) is 9.96. The van der Waals surface area contributed by atoms with Crippen LogP contribution in [0.1, 0.15) is 0 Å². The van der Waals surface area contributed by atoms with E-state index in [1.807, 2.05) is 30.3 Å². The summed E-state index contributed by atoms with van der Waals surface area (Å²) in [7, 11) is 0. The van der Waals surface area contributed by atoms with Crippen molar-refractivity contribution < 1.29 is 0 Å². The molecule has 126 valence electrons. The number of rotatable bonds is 0. The lowest BCUT2D eigenvalue weighted by atomic mass is 9.93. The lowest BCUT2D eigenvalue weighted by molar-refractivity contribution is 1.35. The van der Waals surface area contributed by atoms with Gasteiger partial charge >= 0.3 is 0 Å². The van der Waals surface area contributed by atoms with E-state index in [4.69, 9.17) is 0 Å². The third kappa shape index (κ3) is 1.92. The number of hydrogen-bond acceptors (Lipinski definition) is 1. The fraction of sp³-hybridized carbons (Fsp3) is 0. The first-order valence-corrected chi connectivity index (χ1v) is 9.09. The molecule has 0 amide bonds. The van der Waals surface area contributed by atoms with Gasteiger partial charge in [-0.15, -0.1) is 0 Å². The summed E-state index contributed by atoms with van der Waals surface area (Å²) in [6.07, 6.45) is 0. The van der Waals surface area contributed by atoms with Gasteiger partial charge in [-0.1, -0.05) is 72.8 Å². The molecule has 0 fully saturated rings. The first kappa shape index (κ1) is 14.5. The van der Waals surface area contributed by atoms with Gasteiger partial charge in [0.2, 0.25) is 0 Å². The van der Waals surface area contributed by atoms with Gasteiger partial charge in [-0.2, -0.15) is 0 Å². The zero-order valence-corrected chi connectivity index (χ0v) is 14.5. The van der Waals surface area contributed by atoms with E-state index in [-0.39, 0.29) is 5.56 Å². The Labute approximate surface area is 154 Å². The molecule has 1 aromatic heterocycles. The lowest BCUT2D eigenvalue weighted by Gasteiger charge is -2.12. The van der Waals surface area contributed by atoms with Crippen LogP contribution in [0, 0.1) is 0 Å². The number of nitrogens with one attached hydrogen (secondary N) is 1. The minimum atomic E-state index is -0.0390. The Morgan fingerprint density at radius 2 is 1.07 bits per heavy atom. The Kier molecular flexibility index (Phi) is 2.78. The number of aromatic amines is 1. The van der Waals surface area contributed by atoms with Crippen LogP contribution in [0.3, 0.4) is 0 Å². The van der Waals surface area contributed by atoms with Crippen molar-refractivity contribution in [3.63, 3.8) is 0 Å². The summed E-state index contributed by atoms with van der Waals surface area (Å²) in [4.78, 5) is 15.9. The second kappa shape index (κ2) is 5.18. The van der Waals surface area contributed by atoms with Gasteiger partial charge < -0.3 is 4.98 Å². The topological polar surface area (TPSA) is 32.9 Å². The number of aromatic nitrogens is 1. The van der Waals surface area contributed by atoms with Crippen molar-refractivity contribution in [3.8, 4) is 0 Å². The van der Waals surface area contributed by atoms with Gasteiger partial charge in [0.05, 0.1) is 0 Å². The molecular formula is C25H15NO. The van der Waals surface area contributed by atoms with Crippen LogP contribution in [0.2, 0.25) is 0 Å². The van der Waals surface area contributed by atoms with Gasteiger partial charge in [0, 0.05) is 21.7 Å². The van der Waals surface area contributed by atoms with Gasteiger partial charge in [-0.3, -0.25) is 4.79 Å². The van der Waals surface area contributed by atoms with Gasteiger partial charge in [0.25, 0.3) is 5.56 Å².